The highest BCUT2D eigenvalue weighted by atomic mass is 16.5. The van der Waals surface area contributed by atoms with Gasteiger partial charge in [-0.05, 0) is 19.1 Å². The number of aryl methyl sites for hydroxylation is 2. The van der Waals surface area contributed by atoms with Gasteiger partial charge in [-0.1, -0.05) is 0 Å². The van der Waals surface area contributed by atoms with Crippen molar-refractivity contribution in [1.29, 1.82) is 0 Å². The minimum absolute atomic E-state index is 0.0991. The molecule has 0 spiro atoms. The lowest BCUT2D eigenvalue weighted by atomic mass is 10.2. The summed E-state index contributed by atoms with van der Waals surface area (Å²) in [7, 11) is 1.61. The van der Waals surface area contributed by atoms with Gasteiger partial charge in [-0.2, -0.15) is 0 Å². The molecule has 17 heavy (non-hydrogen) atoms. The van der Waals surface area contributed by atoms with Crippen molar-refractivity contribution in [1.82, 2.24) is 9.38 Å². The van der Waals surface area contributed by atoms with E-state index in [1.54, 1.807) is 7.11 Å². The van der Waals surface area contributed by atoms with Gasteiger partial charge in [0.15, 0.2) is 0 Å². The van der Waals surface area contributed by atoms with Gasteiger partial charge >= 0.3 is 5.97 Å². The summed E-state index contributed by atoms with van der Waals surface area (Å²) in [6.07, 6.45) is 2.40. The standard InChI is InChI=1S/C12H14N2O3/c1-8-10(4-6-12(15)16)13-11-5-3-9(17-2)7-14(8)11/h3,5,7H,4,6H2,1-2H3,(H,15,16). The van der Waals surface area contributed by atoms with Crippen LogP contribution in [0.5, 0.6) is 5.75 Å². The fraction of sp³-hybridized carbons (Fsp3) is 0.333. The number of nitrogens with zero attached hydrogens (tertiary/aromatic N) is 2. The Kier molecular flexibility index (Phi) is 2.99. The van der Waals surface area contributed by atoms with Crippen molar-refractivity contribution < 1.29 is 14.6 Å². The molecule has 0 radical (unpaired) electrons. The largest absolute Gasteiger partial charge is 0.495 e. The van der Waals surface area contributed by atoms with Crippen LogP contribution in [0.2, 0.25) is 0 Å². The molecule has 0 aliphatic carbocycles. The fourth-order valence-electron chi connectivity index (χ4n) is 1.77. The van der Waals surface area contributed by atoms with Crippen LogP contribution in [0.1, 0.15) is 17.8 Å². The maximum atomic E-state index is 10.5. The number of carboxylic acids is 1. The van der Waals surface area contributed by atoms with Crippen molar-refractivity contribution in [2.45, 2.75) is 19.8 Å². The first-order valence-corrected chi connectivity index (χ1v) is 5.35. The Morgan fingerprint density at radius 1 is 1.53 bits per heavy atom. The zero-order valence-corrected chi connectivity index (χ0v) is 9.80. The Labute approximate surface area is 98.7 Å². The van der Waals surface area contributed by atoms with Gasteiger partial charge in [-0.3, -0.25) is 4.79 Å². The molecule has 0 aromatic carbocycles. The second-order valence-electron chi connectivity index (χ2n) is 3.83. The number of imidazole rings is 1. The molecule has 2 rings (SSSR count). The summed E-state index contributed by atoms with van der Waals surface area (Å²) in [4.78, 5) is 14.9. The third-order valence-electron chi connectivity index (χ3n) is 2.74. The van der Waals surface area contributed by atoms with Crippen LogP contribution >= 0.6 is 0 Å². The van der Waals surface area contributed by atoms with Crippen LogP contribution in [0.15, 0.2) is 18.3 Å². The van der Waals surface area contributed by atoms with Gasteiger partial charge in [-0.15, -0.1) is 0 Å². The van der Waals surface area contributed by atoms with Crippen molar-refractivity contribution in [3.63, 3.8) is 0 Å². The number of ether oxygens (including phenoxy) is 1. The van der Waals surface area contributed by atoms with Crippen molar-refractivity contribution in [2.75, 3.05) is 7.11 Å². The first kappa shape index (κ1) is 11.4. The first-order valence-electron chi connectivity index (χ1n) is 5.35. The highest BCUT2D eigenvalue weighted by Gasteiger charge is 2.10. The van der Waals surface area contributed by atoms with Crippen LogP contribution in [0, 0.1) is 6.92 Å². The molecule has 2 heterocycles. The summed E-state index contributed by atoms with van der Waals surface area (Å²) in [5, 5.41) is 8.67. The minimum atomic E-state index is -0.806. The molecule has 0 unspecified atom stereocenters. The summed E-state index contributed by atoms with van der Waals surface area (Å²) in [5.41, 5.74) is 2.59. The summed E-state index contributed by atoms with van der Waals surface area (Å²) in [6.45, 7) is 1.93. The van der Waals surface area contributed by atoms with Gasteiger partial charge in [0.25, 0.3) is 0 Å². The smallest absolute Gasteiger partial charge is 0.303 e. The minimum Gasteiger partial charge on any atom is -0.495 e. The van der Waals surface area contributed by atoms with Crippen molar-refractivity contribution >= 4 is 11.6 Å². The zero-order chi connectivity index (χ0) is 12.4. The molecule has 0 aliphatic heterocycles. The number of pyridine rings is 1. The van der Waals surface area contributed by atoms with Gasteiger partial charge < -0.3 is 14.2 Å². The van der Waals surface area contributed by atoms with E-state index in [4.69, 9.17) is 9.84 Å². The highest BCUT2D eigenvalue weighted by molar-refractivity contribution is 5.67. The molecule has 2 aromatic rings. The van der Waals surface area contributed by atoms with Crippen molar-refractivity contribution in [3.8, 4) is 5.75 Å². The van der Waals surface area contributed by atoms with E-state index in [2.05, 4.69) is 4.98 Å². The molecule has 0 aliphatic rings. The van der Waals surface area contributed by atoms with E-state index in [0.717, 1.165) is 22.8 Å². The zero-order valence-electron chi connectivity index (χ0n) is 9.80. The summed E-state index contributed by atoms with van der Waals surface area (Å²) in [5.74, 6) is -0.0539. The van der Waals surface area contributed by atoms with Crippen LogP contribution in [0.25, 0.3) is 5.65 Å². The number of methoxy groups -OCH3 is 1. The number of aliphatic carboxylic acids is 1. The molecular weight excluding hydrogens is 220 g/mol. The van der Waals surface area contributed by atoms with Gasteiger partial charge in [0, 0.05) is 12.1 Å². The number of rotatable bonds is 4. The maximum Gasteiger partial charge on any atom is 0.303 e. The molecule has 0 bridgehead atoms. The SMILES string of the molecule is COc1ccc2nc(CCC(=O)O)c(C)n2c1. The third kappa shape index (κ3) is 2.22. The second-order valence-corrected chi connectivity index (χ2v) is 3.83. The third-order valence-corrected chi connectivity index (χ3v) is 2.74. The quantitative estimate of drug-likeness (QED) is 0.874. The van der Waals surface area contributed by atoms with Crippen LogP contribution < -0.4 is 4.74 Å². The lowest BCUT2D eigenvalue weighted by Gasteiger charge is -2.01. The van der Waals surface area contributed by atoms with Gasteiger partial charge in [0.1, 0.15) is 11.4 Å². The molecule has 5 heteroatoms. The Morgan fingerprint density at radius 2 is 2.29 bits per heavy atom. The molecule has 0 saturated heterocycles. The number of carboxylic acid groups (broad SMARTS) is 1. The molecule has 5 nitrogen and oxygen atoms in total. The number of aromatic nitrogens is 2. The molecule has 1 N–H and O–H groups in total. The predicted octanol–water partition coefficient (Wildman–Crippen LogP) is 1.67. The van der Waals surface area contributed by atoms with E-state index in [1.165, 1.54) is 0 Å². The Balaban J connectivity index is 2.38. The maximum absolute atomic E-state index is 10.5. The Hall–Kier alpha value is -2.04. The molecule has 2 aromatic heterocycles. The molecule has 0 atom stereocenters. The fourth-order valence-corrected chi connectivity index (χ4v) is 1.77. The van der Waals surface area contributed by atoms with Crippen LogP contribution in [0.4, 0.5) is 0 Å². The number of hydrogen-bond donors (Lipinski definition) is 1. The summed E-state index contributed by atoms with van der Waals surface area (Å²) < 4.78 is 7.05. The van der Waals surface area contributed by atoms with Gasteiger partial charge in [-0.25, -0.2) is 4.98 Å². The lowest BCUT2D eigenvalue weighted by Crippen LogP contribution is -1.99. The topological polar surface area (TPSA) is 63.8 Å². The molecule has 0 saturated carbocycles. The van der Waals surface area contributed by atoms with Crippen LogP contribution in [-0.2, 0) is 11.2 Å². The van der Waals surface area contributed by atoms with E-state index >= 15 is 0 Å². The molecule has 0 amide bonds. The second kappa shape index (κ2) is 4.45. The summed E-state index contributed by atoms with van der Waals surface area (Å²) in [6, 6.07) is 3.69. The van der Waals surface area contributed by atoms with Crippen molar-refractivity contribution in [3.05, 3.63) is 29.7 Å². The van der Waals surface area contributed by atoms with E-state index < -0.39 is 5.97 Å². The van der Waals surface area contributed by atoms with E-state index in [0.29, 0.717) is 6.42 Å². The number of hydrogen-bond acceptors (Lipinski definition) is 3. The van der Waals surface area contributed by atoms with E-state index in [1.807, 2.05) is 29.7 Å². The average molecular weight is 234 g/mol. The van der Waals surface area contributed by atoms with Gasteiger partial charge in [0.2, 0.25) is 0 Å². The monoisotopic (exact) mass is 234 g/mol. The molecular formula is C12H14N2O3. The van der Waals surface area contributed by atoms with Crippen molar-refractivity contribution in [2.24, 2.45) is 0 Å². The van der Waals surface area contributed by atoms with E-state index in [-0.39, 0.29) is 6.42 Å². The van der Waals surface area contributed by atoms with E-state index in [9.17, 15) is 4.79 Å². The lowest BCUT2D eigenvalue weighted by molar-refractivity contribution is -0.136. The normalized spacial score (nSPS) is 10.7. The molecule has 90 valence electrons. The predicted molar refractivity (Wildman–Crippen MR) is 62.4 cm³/mol. The van der Waals surface area contributed by atoms with Gasteiger partial charge in [0.05, 0.1) is 25.4 Å². The number of carbonyl (C=O) groups is 1. The average Bonchev–Trinajstić information content (AvgIpc) is 2.63. The van der Waals surface area contributed by atoms with Crippen LogP contribution in [-0.4, -0.2) is 27.6 Å². The Morgan fingerprint density at radius 3 is 2.94 bits per heavy atom. The number of fused-ring (bicyclic) bond motifs is 1. The molecule has 0 fully saturated rings. The Bertz CT molecular complexity index is 560. The highest BCUT2D eigenvalue weighted by Crippen LogP contribution is 2.17. The summed E-state index contributed by atoms with van der Waals surface area (Å²) >= 11 is 0. The first-order chi connectivity index (χ1) is 8.11. The van der Waals surface area contributed by atoms with Crippen LogP contribution in [0.3, 0.4) is 0 Å².